The number of para-hydroxylation sites is 1. The van der Waals surface area contributed by atoms with Crippen molar-refractivity contribution in [2.75, 3.05) is 0 Å². The number of halogens is 6. The van der Waals surface area contributed by atoms with E-state index in [0.717, 1.165) is 19.3 Å². The molecule has 0 saturated carbocycles. The molecule has 1 atom stereocenters. The molecule has 0 aliphatic heterocycles. The van der Waals surface area contributed by atoms with E-state index in [1.54, 1.807) is 0 Å². The van der Waals surface area contributed by atoms with Gasteiger partial charge in [0.05, 0.1) is 23.3 Å². The number of nitrogens with zero attached hydrogens (tertiary/aromatic N) is 3. The lowest BCUT2D eigenvalue weighted by atomic mass is 10.1. The third kappa shape index (κ3) is 4.03. The summed E-state index contributed by atoms with van der Waals surface area (Å²) in [5, 5.41) is 6.24. The van der Waals surface area contributed by atoms with Crippen molar-refractivity contribution >= 4 is 16.8 Å². The topological polar surface area (TPSA) is 59.8 Å². The Labute approximate surface area is 160 Å². The maximum absolute atomic E-state index is 13.2. The monoisotopic (exact) mass is 416 g/mol. The van der Waals surface area contributed by atoms with Crippen LogP contribution >= 0.6 is 0 Å². The van der Waals surface area contributed by atoms with E-state index >= 15 is 0 Å². The molecule has 0 radical (unpaired) electrons. The molecule has 0 aliphatic carbocycles. The zero-order valence-corrected chi connectivity index (χ0v) is 15.1. The van der Waals surface area contributed by atoms with Crippen LogP contribution in [-0.4, -0.2) is 20.7 Å². The molecule has 3 aromatic rings. The van der Waals surface area contributed by atoms with Crippen molar-refractivity contribution in [3.63, 3.8) is 0 Å². The zero-order chi connectivity index (χ0) is 21.6. The van der Waals surface area contributed by atoms with E-state index in [1.165, 1.54) is 31.2 Å². The Balaban J connectivity index is 1.97. The van der Waals surface area contributed by atoms with Crippen LogP contribution in [0.5, 0.6) is 0 Å². The van der Waals surface area contributed by atoms with Gasteiger partial charge in [-0.2, -0.15) is 31.4 Å². The van der Waals surface area contributed by atoms with Gasteiger partial charge >= 0.3 is 12.4 Å². The molecule has 1 amide bonds. The fraction of sp³-hybridized carbons (Fsp3) is 0.278. The van der Waals surface area contributed by atoms with Gasteiger partial charge in [-0.05, 0) is 19.1 Å². The molecular formula is C18H14F6N4O. The Morgan fingerprint density at radius 3 is 2.38 bits per heavy atom. The summed E-state index contributed by atoms with van der Waals surface area (Å²) in [6, 6.07) is 5.04. The van der Waals surface area contributed by atoms with E-state index in [-0.39, 0.29) is 22.0 Å². The van der Waals surface area contributed by atoms with Crippen molar-refractivity contribution in [3.8, 4) is 0 Å². The van der Waals surface area contributed by atoms with Crippen molar-refractivity contribution < 1.29 is 31.1 Å². The lowest BCUT2D eigenvalue weighted by Gasteiger charge is -2.17. The molecule has 3 rings (SSSR count). The second-order valence-corrected chi connectivity index (χ2v) is 6.34. The standard InChI is InChI=1S/C18H14F6N4O/c1-9(12-8-25-28(2)15(12)18(22,23)24)26-16(29)11-5-3-4-10-6-7-13(17(19,20)21)27-14(10)11/h3-9H,1-2H3,(H,26,29). The number of pyridine rings is 1. The number of carbonyl (C=O) groups excluding carboxylic acids is 1. The highest BCUT2D eigenvalue weighted by Crippen LogP contribution is 2.34. The molecule has 29 heavy (non-hydrogen) atoms. The summed E-state index contributed by atoms with van der Waals surface area (Å²) in [6.07, 6.45) is -8.42. The molecule has 0 aliphatic rings. The SMILES string of the molecule is CC(NC(=O)c1cccc2ccc(C(F)(F)F)nc12)c1cnn(C)c1C(F)(F)F. The van der Waals surface area contributed by atoms with E-state index < -0.39 is 35.7 Å². The van der Waals surface area contributed by atoms with Gasteiger partial charge in [-0.15, -0.1) is 0 Å². The number of fused-ring (bicyclic) bond motifs is 1. The molecule has 0 fully saturated rings. The third-order valence-corrected chi connectivity index (χ3v) is 4.30. The number of amides is 1. The van der Waals surface area contributed by atoms with Gasteiger partial charge in [0.15, 0.2) is 0 Å². The van der Waals surface area contributed by atoms with Crippen LogP contribution in [0.4, 0.5) is 26.3 Å². The van der Waals surface area contributed by atoms with Gasteiger partial charge in [-0.3, -0.25) is 9.48 Å². The molecule has 154 valence electrons. The first-order valence-corrected chi connectivity index (χ1v) is 8.26. The predicted octanol–water partition coefficient (Wildman–Crippen LogP) is 4.50. The number of hydrogen-bond donors (Lipinski definition) is 1. The van der Waals surface area contributed by atoms with Gasteiger partial charge in [0.1, 0.15) is 11.4 Å². The first kappa shape index (κ1) is 20.6. The summed E-state index contributed by atoms with van der Waals surface area (Å²) in [5.41, 5.74) is -2.85. The molecule has 5 nitrogen and oxygen atoms in total. The number of hydrogen-bond acceptors (Lipinski definition) is 3. The normalized spacial score (nSPS) is 13.5. The average molecular weight is 416 g/mol. The van der Waals surface area contributed by atoms with Crippen LogP contribution in [0.1, 0.15) is 40.3 Å². The van der Waals surface area contributed by atoms with Crippen LogP contribution in [0.3, 0.4) is 0 Å². The number of benzene rings is 1. The maximum Gasteiger partial charge on any atom is 0.433 e. The van der Waals surface area contributed by atoms with Crippen LogP contribution in [-0.2, 0) is 19.4 Å². The van der Waals surface area contributed by atoms with Gasteiger partial charge in [-0.25, -0.2) is 4.98 Å². The van der Waals surface area contributed by atoms with Crippen LogP contribution in [0.15, 0.2) is 36.5 Å². The number of carbonyl (C=O) groups is 1. The van der Waals surface area contributed by atoms with Gasteiger partial charge in [0.2, 0.25) is 0 Å². The highest BCUT2D eigenvalue weighted by atomic mass is 19.4. The average Bonchev–Trinajstić information content (AvgIpc) is 3.02. The van der Waals surface area contributed by atoms with Gasteiger partial charge in [0.25, 0.3) is 5.91 Å². The summed E-state index contributed by atoms with van der Waals surface area (Å²) < 4.78 is 79.2. The molecule has 1 N–H and O–H groups in total. The van der Waals surface area contributed by atoms with E-state index in [9.17, 15) is 31.1 Å². The fourth-order valence-electron chi connectivity index (χ4n) is 2.96. The molecular weight excluding hydrogens is 402 g/mol. The Morgan fingerprint density at radius 1 is 1.07 bits per heavy atom. The number of rotatable bonds is 3. The highest BCUT2D eigenvalue weighted by Gasteiger charge is 2.39. The Bertz CT molecular complexity index is 1070. The first-order chi connectivity index (χ1) is 13.4. The second-order valence-electron chi connectivity index (χ2n) is 6.34. The molecule has 1 unspecified atom stereocenters. The molecule has 11 heteroatoms. The highest BCUT2D eigenvalue weighted by molar-refractivity contribution is 6.05. The zero-order valence-electron chi connectivity index (χ0n) is 15.1. The Hall–Kier alpha value is -3.11. The predicted molar refractivity (Wildman–Crippen MR) is 90.8 cm³/mol. The number of aromatic nitrogens is 3. The molecule has 0 saturated heterocycles. The Morgan fingerprint density at radius 2 is 1.76 bits per heavy atom. The smallest absolute Gasteiger partial charge is 0.345 e. The fourth-order valence-corrected chi connectivity index (χ4v) is 2.96. The largest absolute Gasteiger partial charge is 0.433 e. The van der Waals surface area contributed by atoms with Crippen molar-refractivity contribution in [2.45, 2.75) is 25.3 Å². The molecule has 2 aromatic heterocycles. The molecule has 0 spiro atoms. The summed E-state index contributed by atoms with van der Waals surface area (Å²) in [5.74, 6) is -0.855. The third-order valence-electron chi connectivity index (χ3n) is 4.30. The summed E-state index contributed by atoms with van der Waals surface area (Å²) in [4.78, 5) is 16.2. The minimum Gasteiger partial charge on any atom is -0.345 e. The minimum absolute atomic E-state index is 0.183. The first-order valence-electron chi connectivity index (χ1n) is 8.26. The summed E-state index contributed by atoms with van der Waals surface area (Å²) >= 11 is 0. The molecule has 0 bridgehead atoms. The quantitative estimate of drug-likeness (QED) is 0.640. The lowest BCUT2D eigenvalue weighted by molar-refractivity contribution is -0.144. The van der Waals surface area contributed by atoms with E-state index in [4.69, 9.17) is 0 Å². The van der Waals surface area contributed by atoms with E-state index in [1.807, 2.05) is 0 Å². The Kier molecular flexibility index (Phi) is 5.01. The van der Waals surface area contributed by atoms with Crippen molar-refractivity contribution in [3.05, 3.63) is 59.0 Å². The van der Waals surface area contributed by atoms with Crippen LogP contribution < -0.4 is 5.32 Å². The van der Waals surface area contributed by atoms with Crippen LogP contribution in [0, 0.1) is 0 Å². The number of alkyl halides is 6. The lowest BCUT2D eigenvalue weighted by Crippen LogP contribution is -2.28. The summed E-state index contributed by atoms with van der Waals surface area (Å²) in [6.45, 7) is 1.32. The van der Waals surface area contributed by atoms with Gasteiger partial charge in [-0.1, -0.05) is 18.2 Å². The van der Waals surface area contributed by atoms with E-state index in [0.29, 0.717) is 4.68 Å². The van der Waals surface area contributed by atoms with Crippen molar-refractivity contribution in [2.24, 2.45) is 7.05 Å². The number of nitrogens with one attached hydrogen (secondary N) is 1. The van der Waals surface area contributed by atoms with Crippen molar-refractivity contribution in [1.82, 2.24) is 20.1 Å². The summed E-state index contributed by atoms with van der Waals surface area (Å²) in [7, 11) is 1.12. The van der Waals surface area contributed by atoms with Crippen molar-refractivity contribution in [1.29, 1.82) is 0 Å². The van der Waals surface area contributed by atoms with Gasteiger partial charge in [0, 0.05) is 18.0 Å². The van der Waals surface area contributed by atoms with E-state index in [2.05, 4.69) is 15.4 Å². The number of aryl methyl sites for hydroxylation is 1. The second kappa shape index (κ2) is 7.05. The minimum atomic E-state index is -4.71. The van der Waals surface area contributed by atoms with Gasteiger partial charge < -0.3 is 5.32 Å². The van der Waals surface area contributed by atoms with Crippen LogP contribution in [0.25, 0.3) is 10.9 Å². The molecule has 2 heterocycles. The molecule has 1 aromatic carbocycles. The maximum atomic E-state index is 13.2. The van der Waals surface area contributed by atoms with Crippen LogP contribution in [0.2, 0.25) is 0 Å².